The minimum absolute atomic E-state index is 0.291. The van der Waals surface area contributed by atoms with Crippen molar-refractivity contribution in [2.75, 3.05) is 44.4 Å². The summed E-state index contributed by atoms with van der Waals surface area (Å²) in [5, 5.41) is 11.7. The van der Waals surface area contributed by atoms with E-state index in [1.54, 1.807) is 18.4 Å². The van der Waals surface area contributed by atoms with E-state index >= 15 is 0 Å². The maximum absolute atomic E-state index is 13.0. The number of rotatable bonds is 6. The van der Waals surface area contributed by atoms with Crippen molar-refractivity contribution in [3.05, 3.63) is 53.2 Å². The fraction of sp³-hybridized carbons (Fsp3) is 0.414. The Morgan fingerprint density at radius 3 is 2.62 bits per heavy atom. The number of hydrogen-bond acceptors (Lipinski definition) is 8. The normalized spacial score (nSPS) is 18.8. The zero-order valence-electron chi connectivity index (χ0n) is 23.9. The lowest BCUT2D eigenvalue weighted by atomic mass is 9.86. The molecule has 0 aliphatic carbocycles. The summed E-state index contributed by atoms with van der Waals surface area (Å²) in [6.07, 6.45) is 2.02. The number of nitrogens with zero attached hydrogens (tertiary/aromatic N) is 6. The summed E-state index contributed by atoms with van der Waals surface area (Å²) in [6.45, 7) is 8.37. The van der Waals surface area contributed by atoms with Gasteiger partial charge in [0.1, 0.15) is 22.6 Å². The van der Waals surface area contributed by atoms with Crippen LogP contribution in [0.5, 0.6) is 5.75 Å². The number of H-pyrrole nitrogens is 1. The van der Waals surface area contributed by atoms with Gasteiger partial charge in [-0.15, -0.1) is 0 Å². The molecule has 40 heavy (non-hydrogen) atoms. The third kappa shape index (κ3) is 4.71. The number of nitrogens with one attached hydrogen (secondary N) is 2. The largest absolute Gasteiger partial charge is 0.468 e. The van der Waals surface area contributed by atoms with Gasteiger partial charge in [0, 0.05) is 5.69 Å². The van der Waals surface area contributed by atoms with Gasteiger partial charge in [-0.3, -0.25) is 10.00 Å². The highest BCUT2D eigenvalue weighted by Gasteiger charge is 2.34. The van der Waals surface area contributed by atoms with Crippen molar-refractivity contribution < 1.29 is 8.95 Å². The lowest BCUT2D eigenvalue weighted by Gasteiger charge is -2.30. The molecule has 2 aliphatic rings. The number of piperidine rings is 1. The molecular weight excluding hydrogens is 524 g/mol. The number of aromatic nitrogens is 4. The second-order valence-electron chi connectivity index (χ2n) is 10.9. The van der Waals surface area contributed by atoms with Crippen LogP contribution >= 0.6 is 0 Å². The highest BCUT2D eigenvalue weighted by atomic mass is 32.2. The molecule has 0 bridgehead atoms. The van der Waals surface area contributed by atoms with E-state index in [1.165, 1.54) is 11.1 Å². The number of ether oxygens (including phenoxy) is 1. The summed E-state index contributed by atoms with van der Waals surface area (Å²) >= 11 is 0. The first-order valence-electron chi connectivity index (χ1n) is 13.7. The molecule has 1 saturated heterocycles. The van der Waals surface area contributed by atoms with Crippen molar-refractivity contribution >= 4 is 45.2 Å². The Balaban J connectivity index is 1.41. The SMILES string of the molecule is Cc1cc2c(cc1C1CCN(C)CC1)OC(C)N2c1nc(Nc2ccccc2S(=O)N(C)C)c2c(C)[nH]nc2n1. The molecule has 1 fully saturated rings. The number of fused-ring (bicyclic) bond motifs is 2. The number of likely N-dealkylation sites (tertiary alicyclic amines) is 1. The van der Waals surface area contributed by atoms with Gasteiger partial charge in [-0.25, -0.2) is 8.51 Å². The molecule has 2 atom stereocenters. The van der Waals surface area contributed by atoms with Crippen molar-refractivity contribution in [1.82, 2.24) is 29.4 Å². The van der Waals surface area contributed by atoms with Gasteiger partial charge >= 0.3 is 0 Å². The highest BCUT2D eigenvalue weighted by Crippen LogP contribution is 2.45. The van der Waals surface area contributed by atoms with Crippen LogP contribution in [0.2, 0.25) is 0 Å². The molecule has 0 radical (unpaired) electrons. The van der Waals surface area contributed by atoms with Crippen molar-refractivity contribution in [2.24, 2.45) is 0 Å². The molecule has 10 nitrogen and oxygen atoms in total. The Hall–Kier alpha value is -3.54. The molecule has 0 amide bonds. The molecule has 11 heteroatoms. The van der Waals surface area contributed by atoms with E-state index in [2.05, 4.69) is 46.5 Å². The minimum Gasteiger partial charge on any atom is -0.468 e. The van der Waals surface area contributed by atoms with Gasteiger partial charge in [0.25, 0.3) is 0 Å². The molecule has 210 valence electrons. The third-order valence-corrected chi connectivity index (χ3v) is 9.28. The van der Waals surface area contributed by atoms with Crippen molar-refractivity contribution in [2.45, 2.75) is 50.7 Å². The van der Waals surface area contributed by atoms with Gasteiger partial charge in [-0.2, -0.15) is 15.1 Å². The van der Waals surface area contributed by atoms with Crippen LogP contribution in [0.3, 0.4) is 0 Å². The molecule has 2 aromatic heterocycles. The van der Waals surface area contributed by atoms with Crippen molar-refractivity contribution in [3.63, 3.8) is 0 Å². The maximum Gasteiger partial charge on any atom is 0.237 e. The molecule has 2 aromatic carbocycles. The van der Waals surface area contributed by atoms with Crippen LogP contribution in [0.15, 0.2) is 41.3 Å². The van der Waals surface area contributed by atoms with Crippen LogP contribution < -0.4 is 15.0 Å². The van der Waals surface area contributed by atoms with E-state index in [9.17, 15) is 4.21 Å². The van der Waals surface area contributed by atoms with E-state index in [1.807, 2.05) is 43.0 Å². The van der Waals surface area contributed by atoms with Gasteiger partial charge in [0.05, 0.1) is 21.7 Å². The van der Waals surface area contributed by atoms with E-state index in [0.717, 1.165) is 48.4 Å². The summed E-state index contributed by atoms with van der Waals surface area (Å²) < 4.78 is 21.0. The molecule has 6 rings (SSSR count). The lowest BCUT2D eigenvalue weighted by Crippen LogP contribution is -2.29. The Kier molecular flexibility index (Phi) is 6.97. The Bertz CT molecular complexity index is 1590. The van der Waals surface area contributed by atoms with Gasteiger partial charge in [0.15, 0.2) is 11.9 Å². The summed E-state index contributed by atoms with van der Waals surface area (Å²) in [7, 11) is 4.44. The minimum atomic E-state index is -1.33. The molecular formula is C29H36N8O2S. The summed E-state index contributed by atoms with van der Waals surface area (Å²) in [5.41, 5.74) is 5.69. The first kappa shape index (κ1) is 26.7. The summed E-state index contributed by atoms with van der Waals surface area (Å²) in [4.78, 5) is 14.9. The zero-order chi connectivity index (χ0) is 28.1. The first-order valence-corrected chi connectivity index (χ1v) is 14.8. The van der Waals surface area contributed by atoms with Gasteiger partial charge in [-0.1, -0.05) is 12.1 Å². The number of aryl methyl sites for hydroxylation is 2. The number of anilines is 4. The Morgan fingerprint density at radius 2 is 1.88 bits per heavy atom. The van der Waals surface area contributed by atoms with Crippen LogP contribution in [0.1, 0.15) is 42.5 Å². The smallest absolute Gasteiger partial charge is 0.237 e. The monoisotopic (exact) mass is 560 g/mol. The van der Waals surface area contributed by atoms with Crippen LogP contribution in [0.4, 0.5) is 23.1 Å². The molecule has 2 unspecified atom stereocenters. The van der Waals surface area contributed by atoms with Crippen molar-refractivity contribution in [1.29, 1.82) is 0 Å². The quantitative estimate of drug-likeness (QED) is 0.340. The number of aromatic amines is 1. The van der Waals surface area contributed by atoms with E-state index in [0.29, 0.717) is 33.9 Å². The fourth-order valence-electron chi connectivity index (χ4n) is 5.73. The van der Waals surface area contributed by atoms with Crippen LogP contribution in [0, 0.1) is 13.8 Å². The lowest BCUT2D eigenvalue weighted by molar-refractivity contribution is 0.249. The van der Waals surface area contributed by atoms with Crippen LogP contribution in [-0.4, -0.2) is 74.0 Å². The summed E-state index contributed by atoms with van der Waals surface area (Å²) in [6, 6.07) is 12.0. The molecule has 4 heterocycles. The van der Waals surface area contributed by atoms with Gasteiger partial charge < -0.3 is 15.0 Å². The first-order chi connectivity index (χ1) is 19.2. The topological polar surface area (TPSA) is 103 Å². The highest BCUT2D eigenvalue weighted by molar-refractivity contribution is 7.82. The van der Waals surface area contributed by atoms with Gasteiger partial charge in [0.2, 0.25) is 5.95 Å². The molecule has 0 spiro atoms. The van der Waals surface area contributed by atoms with Crippen LogP contribution in [-0.2, 0) is 11.0 Å². The average Bonchev–Trinajstić information content (AvgIpc) is 3.46. The predicted molar refractivity (Wildman–Crippen MR) is 159 cm³/mol. The molecule has 2 aliphatic heterocycles. The second kappa shape index (κ2) is 10.5. The fourth-order valence-corrected chi connectivity index (χ4v) is 6.63. The zero-order valence-corrected chi connectivity index (χ0v) is 24.7. The molecule has 4 aromatic rings. The number of para-hydroxylation sites is 1. The Morgan fingerprint density at radius 1 is 1.12 bits per heavy atom. The number of benzene rings is 2. The third-order valence-electron chi connectivity index (χ3n) is 7.88. The Labute approximate surface area is 237 Å². The standard InChI is InChI=1S/C29H36N8O2S/c1-17-15-23-24(16-21(17)20-11-13-36(6)14-12-20)39-19(3)37(23)29-31-27(26-18(2)33-34-28(26)32-29)30-22-9-7-8-10-25(22)40(38)35(4)5/h7-10,15-16,19-20H,11-14H2,1-6H3,(H2,30,31,32,33,34). The van der Waals surface area contributed by atoms with E-state index < -0.39 is 11.0 Å². The van der Waals surface area contributed by atoms with Crippen molar-refractivity contribution in [3.8, 4) is 5.75 Å². The molecule has 2 N–H and O–H groups in total. The predicted octanol–water partition coefficient (Wildman–Crippen LogP) is 4.98. The van der Waals surface area contributed by atoms with E-state index in [4.69, 9.17) is 14.7 Å². The molecule has 0 saturated carbocycles. The van der Waals surface area contributed by atoms with Crippen LogP contribution in [0.25, 0.3) is 11.0 Å². The average molecular weight is 561 g/mol. The maximum atomic E-state index is 13.0. The van der Waals surface area contributed by atoms with E-state index in [-0.39, 0.29) is 6.23 Å². The number of hydrogen-bond donors (Lipinski definition) is 2. The summed E-state index contributed by atoms with van der Waals surface area (Å²) in [5.74, 6) is 2.48. The van der Waals surface area contributed by atoms with Gasteiger partial charge in [-0.05, 0) is 109 Å². The second-order valence-corrected chi connectivity index (χ2v) is 12.6.